The maximum absolute atomic E-state index is 12.7. The average molecular weight is 465 g/mol. The van der Waals surface area contributed by atoms with E-state index in [-0.39, 0.29) is 24.2 Å². The van der Waals surface area contributed by atoms with E-state index in [0.29, 0.717) is 16.4 Å². The summed E-state index contributed by atoms with van der Waals surface area (Å²) >= 11 is 1.38. The molecule has 170 valence electrons. The number of para-hydroxylation sites is 1. The standard InChI is InChI=1S/C23H24N6O3S/c1-4-14-7-5-6-8-17(14)25-18(30)13-29-20(24)19(23(27-29)33-3)22-26-21(28-32-22)15-9-11-16(31-2)12-10-15/h5-12H,4,13,24H2,1-3H3,(H,25,30). The number of nitrogens with zero attached hydrogens (tertiary/aromatic N) is 4. The highest BCUT2D eigenvalue weighted by Crippen LogP contribution is 2.35. The number of hydrogen-bond donors (Lipinski definition) is 2. The van der Waals surface area contributed by atoms with Crippen molar-refractivity contribution < 1.29 is 14.1 Å². The highest BCUT2D eigenvalue weighted by Gasteiger charge is 2.24. The highest BCUT2D eigenvalue weighted by atomic mass is 32.2. The fourth-order valence-corrected chi connectivity index (χ4v) is 3.95. The molecule has 3 N–H and O–H groups in total. The summed E-state index contributed by atoms with van der Waals surface area (Å²) in [5.41, 5.74) is 9.48. The number of carbonyl (C=O) groups excluding carboxylic acids is 1. The Morgan fingerprint density at radius 2 is 1.97 bits per heavy atom. The van der Waals surface area contributed by atoms with E-state index in [0.717, 1.165) is 29.0 Å². The van der Waals surface area contributed by atoms with E-state index in [9.17, 15) is 4.79 Å². The summed E-state index contributed by atoms with van der Waals surface area (Å²) in [6, 6.07) is 15.0. The molecule has 0 fully saturated rings. The Morgan fingerprint density at radius 3 is 2.67 bits per heavy atom. The van der Waals surface area contributed by atoms with Gasteiger partial charge in [0, 0.05) is 11.3 Å². The minimum atomic E-state index is -0.228. The number of nitrogens with two attached hydrogens (primary N) is 1. The van der Waals surface area contributed by atoms with Gasteiger partial charge in [-0.2, -0.15) is 10.1 Å². The zero-order valence-corrected chi connectivity index (χ0v) is 19.3. The molecule has 0 aliphatic heterocycles. The van der Waals surface area contributed by atoms with Crippen molar-refractivity contribution in [1.29, 1.82) is 0 Å². The fourth-order valence-electron chi connectivity index (χ4n) is 3.38. The summed E-state index contributed by atoms with van der Waals surface area (Å²) in [4.78, 5) is 17.2. The summed E-state index contributed by atoms with van der Waals surface area (Å²) < 4.78 is 12.1. The number of hydrogen-bond acceptors (Lipinski definition) is 8. The number of methoxy groups -OCH3 is 1. The van der Waals surface area contributed by atoms with E-state index >= 15 is 0 Å². The van der Waals surface area contributed by atoms with Crippen molar-refractivity contribution >= 4 is 29.2 Å². The van der Waals surface area contributed by atoms with E-state index in [4.69, 9.17) is 15.0 Å². The van der Waals surface area contributed by atoms with Gasteiger partial charge in [-0.15, -0.1) is 11.8 Å². The first kappa shape index (κ1) is 22.4. The number of ether oxygens (including phenoxy) is 1. The smallest absolute Gasteiger partial charge is 0.264 e. The number of nitrogen functional groups attached to an aromatic ring is 1. The first-order valence-corrected chi connectivity index (χ1v) is 11.5. The largest absolute Gasteiger partial charge is 0.497 e. The molecule has 0 saturated carbocycles. The monoisotopic (exact) mass is 464 g/mol. The maximum Gasteiger partial charge on any atom is 0.264 e. The van der Waals surface area contributed by atoms with Gasteiger partial charge in [0.2, 0.25) is 11.7 Å². The van der Waals surface area contributed by atoms with E-state index < -0.39 is 0 Å². The summed E-state index contributed by atoms with van der Waals surface area (Å²) in [6.45, 7) is 2.00. The Bertz CT molecular complexity index is 1270. The molecular weight excluding hydrogens is 440 g/mol. The lowest BCUT2D eigenvalue weighted by Gasteiger charge is -2.10. The predicted molar refractivity (Wildman–Crippen MR) is 128 cm³/mol. The molecule has 0 spiro atoms. The SMILES string of the molecule is CCc1ccccc1NC(=O)Cn1nc(SC)c(-c2nc(-c3ccc(OC)cc3)no2)c1N. The number of aryl methyl sites for hydroxylation is 1. The van der Waals surface area contributed by atoms with Crippen LogP contribution in [0.4, 0.5) is 11.5 Å². The van der Waals surface area contributed by atoms with Crippen molar-refractivity contribution in [2.45, 2.75) is 24.9 Å². The third-order valence-corrected chi connectivity index (χ3v) is 5.78. The van der Waals surface area contributed by atoms with Crippen molar-refractivity contribution in [2.75, 3.05) is 24.4 Å². The third-order valence-electron chi connectivity index (χ3n) is 5.11. The minimum absolute atomic E-state index is 0.0447. The Hall–Kier alpha value is -3.79. The number of nitrogens with one attached hydrogen (secondary N) is 1. The van der Waals surface area contributed by atoms with Crippen LogP contribution in [0.3, 0.4) is 0 Å². The number of anilines is 2. The van der Waals surface area contributed by atoms with E-state index in [2.05, 4.69) is 20.6 Å². The minimum Gasteiger partial charge on any atom is -0.497 e. The molecule has 0 aliphatic carbocycles. The van der Waals surface area contributed by atoms with Crippen LogP contribution in [0.15, 0.2) is 58.1 Å². The van der Waals surface area contributed by atoms with Gasteiger partial charge in [0.25, 0.3) is 5.89 Å². The Labute approximate surface area is 195 Å². The molecule has 2 heterocycles. The second-order valence-electron chi connectivity index (χ2n) is 7.14. The molecule has 0 bridgehead atoms. The summed E-state index contributed by atoms with van der Waals surface area (Å²) in [7, 11) is 1.61. The summed E-state index contributed by atoms with van der Waals surface area (Å²) in [6.07, 6.45) is 2.68. The molecule has 0 radical (unpaired) electrons. The average Bonchev–Trinajstić information content (AvgIpc) is 3.44. The van der Waals surface area contributed by atoms with Crippen LogP contribution in [0, 0.1) is 0 Å². The molecule has 0 atom stereocenters. The first-order chi connectivity index (χ1) is 16.0. The van der Waals surface area contributed by atoms with Crippen molar-refractivity contribution in [3.8, 4) is 28.6 Å². The maximum atomic E-state index is 12.7. The van der Waals surface area contributed by atoms with Crippen molar-refractivity contribution in [3.05, 3.63) is 54.1 Å². The van der Waals surface area contributed by atoms with Crippen molar-refractivity contribution in [3.63, 3.8) is 0 Å². The van der Waals surface area contributed by atoms with Gasteiger partial charge in [0.1, 0.15) is 28.7 Å². The number of aromatic nitrogens is 4. The second-order valence-corrected chi connectivity index (χ2v) is 7.93. The van der Waals surface area contributed by atoms with E-state index in [1.165, 1.54) is 16.4 Å². The number of rotatable bonds is 8. The fraction of sp³-hybridized carbons (Fsp3) is 0.217. The third kappa shape index (κ3) is 4.70. The number of thioether (sulfide) groups is 1. The lowest BCUT2D eigenvalue weighted by atomic mass is 10.1. The van der Waals surface area contributed by atoms with Gasteiger partial charge >= 0.3 is 0 Å². The second kappa shape index (κ2) is 9.78. The predicted octanol–water partition coefficient (Wildman–Crippen LogP) is 4.11. The van der Waals surface area contributed by atoms with Crippen LogP contribution in [-0.2, 0) is 17.8 Å². The van der Waals surface area contributed by atoms with Gasteiger partial charge in [-0.3, -0.25) is 4.79 Å². The highest BCUT2D eigenvalue weighted by molar-refractivity contribution is 7.98. The van der Waals surface area contributed by atoms with Crippen LogP contribution in [0.25, 0.3) is 22.8 Å². The molecule has 0 saturated heterocycles. The number of benzene rings is 2. The molecule has 4 aromatic rings. The summed E-state index contributed by atoms with van der Waals surface area (Å²) in [5.74, 6) is 1.45. The molecule has 2 aromatic heterocycles. The Morgan fingerprint density at radius 1 is 1.21 bits per heavy atom. The van der Waals surface area contributed by atoms with Crippen LogP contribution in [0.1, 0.15) is 12.5 Å². The van der Waals surface area contributed by atoms with Crippen LogP contribution in [0.2, 0.25) is 0 Å². The van der Waals surface area contributed by atoms with Gasteiger partial charge < -0.3 is 20.3 Å². The van der Waals surface area contributed by atoms with Gasteiger partial charge in [-0.25, -0.2) is 4.68 Å². The topological polar surface area (TPSA) is 121 Å². The molecule has 2 aromatic carbocycles. The van der Waals surface area contributed by atoms with Crippen molar-refractivity contribution in [2.24, 2.45) is 0 Å². The quantitative estimate of drug-likeness (QED) is 0.374. The van der Waals surface area contributed by atoms with Gasteiger partial charge in [-0.1, -0.05) is 30.3 Å². The zero-order chi connectivity index (χ0) is 23.4. The molecule has 1 amide bonds. The molecule has 10 heteroatoms. The molecule has 9 nitrogen and oxygen atoms in total. The number of amides is 1. The van der Waals surface area contributed by atoms with Crippen LogP contribution in [0.5, 0.6) is 5.75 Å². The normalized spacial score (nSPS) is 10.9. The van der Waals surface area contributed by atoms with Crippen molar-refractivity contribution in [1.82, 2.24) is 19.9 Å². The van der Waals surface area contributed by atoms with Crippen LogP contribution < -0.4 is 15.8 Å². The number of carbonyl (C=O) groups is 1. The lowest BCUT2D eigenvalue weighted by molar-refractivity contribution is -0.116. The van der Waals surface area contributed by atoms with Crippen LogP contribution >= 0.6 is 11.8 Å². The first-order valence-electron chi connectivity index (χ1n) is 10.3. The van der Waals surface area contributed by atoms with E-state index in [1.54, 1.807) is 7.11 Å². The van der Waals surface area contributed by atoms with Gasteiger partial charge in [0.05, 0.1) is 7.11 Å². The molecule has 0 unspecified atom stereocenters. The molecule has 33 heavy (non-hydrogen) atoms. The van der Waals surface area contributed by atoms with Gasteiger partial charge in [0.15, 0.2) is 0 Å². The molecular formula is C23H24N6O3S. The van der Waals surface area contributed by atoms with Crippen LogP contribution in [-0.4, -0.2) is 39.2 Å². The van der Waals surface area contributed by atoms with E-state index in [1.807, 2.05) is 61.7 Å². The Kier molecular flexibility index (Phi) is 6.64. The molecule has 0 aliphatic rings. The lowest BCUT2D eigenvalue weighted by Crippen LogP contribution is -2.21. The Balaban J connectivity index is 1.57. The zero-order valence-electron chi connectivity index (χ0n) is 18.5. The summed E-state index contributed by atoms with van der Waals surface area (Å²) in [5, 5.41) is 12.1. The molecule has 4 rings (SSSR count). The van der Waals surface area contributed by atoms with Gasteiger partial charge in [-0.05, 0) is 48.6 Å².